The van der Waals surface area contributed by atoms with E-state index in [0.29, 0.717) is 19.5 Å². The van der Waals surface area contributed by atoms with E-state index in [-0.39, 0.29) is 59.5 Å². The maximum absolute atomic E-state index is 12.8. The zero-order valence-electron chi connectivity index (χ0n) is 19.8. The summed E-state index contributed by atoms with van der Waals surface area (Å²) in [4.78, 5) is 35.1. The first-order valence-corrected chi connectivity index (χ1v) is 12.2. The Kier molecular flexibility index (Phi) is 7.64. The number of aromatic nitrogens is 1. The van der Waals surface area contributed by atoms with Gasteiger partial charge in [0.25, 0.3) is 0 Å². The van der Waals surface area contributed by atoms with Crippen LogP contribution >= 0.6 is 24.0 Å². The Morgan fingerprint density at radius 1 is 1.15 bits per heavy atom. The third-order valence-electron chi connectivity index (χ3n) is 7.33. The molecule has 5 rings (SSSR count). The van der Waals surface area contributed by atoms with Crippen molar-refractivity contribution >= 4 is 52.7 Å². The van der Waals surface area contributed by atoms with Gasteiger partial charge in [-0.25, -0.2) is 0 Å². The largest absolute Gasteiger partial charge is 0.361 e. The molecule has 0 spiro atoms. The minimum Gasteiger partial charge on any atom is -0.361 e. The molecule has 2 aromatic rings. The van der Waals surface area contributed by atoms with Gasteiger partial charge in [0.2, 0.25) is 11.8 Å². The van der Waals surface area contributed by atoms with Gasteiger partial charge in [0.1, 0.15) is 0 Å². The fraction of sp³-hybridized carbons (Fsp3) is 0.500. The SMILES string of the molecule is CCNC(=NCCCN1C(=O)C2C3C=CC(C3)C2C1=O)NCCc1c[nH]c2cc(C)ccc12.I. The maximum Gasteiger partial charge on any atom is 0.233 e. The minimum atomic E-state index is -0.108. The number of hydrogen-bond donors (Lipinski definition) is 3. The summed E-state index contributed by atoms with van der Waals surface area (Å²) in [5, 5.41) is 7.95. The van der Waals surface area contributed by atoms with Crippen molar-refractivity contribution in [2.24, 2.45) is 28.7 Å². The van der Waals surface area contributed by atoms with Gasteiger partial charge in [0.05, 0.1) is 11.8 Å². The predicted octanol–water partition coefficient (Wildman–Crippen LogP) is 3.39. The lowest BCUT2D eigenvalue weighted by Gasteiger charge is -2.17. The van der Waals surface area contributed by atoms with Crippen molar-refractivity contribution < 1.29 is 9.59 Å². The first-order chi connectivity index (χ1) is 16.1. The van der Waals surface area contributed by atoms with E-state index in [2.05, 4.69) is 64.1 Å². The quantitative estimate of drug-likeness (QED) is 0.113. The van der Waals surface area contributed by atoms with Crippen LogP contribution in [-0.2, 0) is 16.0 Å². The van der Waals surface area contributed by atoms with Crippen LogP contribution in [0.4, 0.5) is 0 Å². The van der Waals surface area contributed by atoms with Gasteiger partial charge < -0.3 is 15.6 Å². The van der Waals surface area contributed by atoms with Gasteiger partial charge in [-0.15, -0.1) is 24.0 Å². The summed E-state index contributed by atoms with van der Waals surface area (Å²) in [6, 6.07) is 6.48. The summed E-state index contributed by atoms with van der Waals surface area (Å²) >= 11 is 0. The van der Waals surface area contributed by atoms with Crippen molar-refractivity contribution in [1.29, 1.82) is 0 Å². The van der Waals surface area contributed by atoms with E-state index in [1.54, 1.807) is 0 Å². The Bertz CT molecular complexity index is 1090. The highest BCUT2D eigenvalue weighted by Crippen LogP contribution is 2.52. The predicted molar refractivity (Wildman–Crippen MR) is 145 cm³/mol. The fourth-order valence-corrected chi connectivity index (χ4v) is 5.77. The molecule has 4 unspecified atom stereocenters. The van der Waals surface area contributed by atoms with Crippen LogP contribution in [0.3, 0.4) is 0 Å². The maximum atomic E-state index is 12.8. The van der Waals surface area contributed by atoms with Gasteiger partial charge in [-0.2, -0.15) is 0 Å². The molecule has 7 nitrogen and oxygen atoms in total. The normalized spacial score (nSPS) is 25.2. The van der Waals surface area contributed by atoms with Crippen LogP contribution < -0.4 is 10.6 Å². The summed E-state index contributed by atoms with van der Waals surface area (Å²) in [6.45, 7) is 6.72. The minimum absolute atomic E-state index is 0. The summed E-state index contributed by atoms with van der Waals surface area (Å²) in [5.41, 5.74) is 3.71. The summed E-state index contributed by atoms with van der Waals surface area (Å²) in [5.74, 6) is 1.16. The molecule has 1 saturated carbocycles. The monoisotopic (exact) mass is 575 g/mol. The molecule has 2 aliphatic carbocycles. The van der Waals surface area contributed by atoms with E-state index in [1.807, 2.05) is 6.92 Å². The van der Waals surface area contributed by atoms with Crippen LogP contribution in [0.15, 0.2) is 41.5 Å². The molecule has 182 valence electrons. The lowest BCUT2D eigenvalue weighted by Crippen LogP contribution is -2.38. The van der Waals surface area contributed by atoms with Crippen LogP contribution in [0.25, 0.3) is 10.9 Å². The Labute approximate surface area is 217 Å². The average Bonchev–Trinajstić information content (AvgIpc) is 3.56. The molecule has 4 atom stereocenters. The number of benzene rings is 1. The molecule has 3 N–H and O–H groups in total. The first-order valence-electron chi connectivity index (χ1n) is 12.2. The highest BCUT2D eigenvalue weighted by molar-refractivity contribution is 14.0. The van der Waals surface area contributed by atoms with Gasteiger partial charge in [-0.3, -0.25) is 19.5 Å². The summed E-state index contributed by atoms with van der Waals surface area (Å²) < 4.78 is 0. The number of likely N-dealkylation sites (tertiary alicyclic amines) is 1. The Hall–Kier alpha value is -2.36. The first kappa shape index (κ1) is 24.8. The smallest absolute Gasteiger partial charge is 0.233 e. The number of imide groups is 1. The Balaban J connectivity index is 0.00000274. The Morgan fingerprint density at radius 3 is 2.59 bits per heavy atom. The molecule has 2 bridgehead atoms. The number of allylic oxidation sites excluding steroid dienone is 2. The van der Waals surface area contributed by atoms with Crippen molar-refractivity contribution in [3.8, 4) is 0 Å². The summed E-state index contributed by atoms with van der Waals surface area (Å²) in [6.07, 6.45) is 8.90. The molecular formula is C26H34IN5O2. The van der Waals surface area contributed by atoms with Crippen molar-refractivity contribution in [2.45, 2.75) is 33.1 Å². The van der Waals surface area contributed by atoms with Gasteiger partial charge in [0.15, 0.2) is 5.96 Å². The van der Waals surface area contributed by atoms with Gasteiger partial charge >= 0.3 is 0 Å². The lowest BCUT2D eigenvalue weighted by atomic mass is 9.85. The number of nitrogens with zero attached hydrogens (tertiary/aromatic N) is 2. The standard InChI is InChI=1S/C26H33N5O2.HI/c1-3-27-26(29-11-9-19-15-30-21-13-16(2)5-8-20(19)21)28-10-4-12-31-24(32)22-17-6-7-18(14-17)23(22)25(31)33;/h5-8,13,15,17-18,22-23,30H,3-4,9-12,14H2,1-2H3,(H2,27,28,29);1H. The third kappa shape index (κ3) is 4.61. The molecule has 1 aromatic heterocycles. The molecule has 1 aliphatic heterocycles. The number of fused-ring (bicyclic) bond motifs is 6. The number of H-pyrrole nitrogens is 1. The highest BCUT2D eigenvalue weighted by atomic mass is 127. The molecule has 1 aromatic carbocycles. The number of nitrogens with one attached hydrogen (secondary N) is 3. The van der Waals surface area contributed by atoms with Crippen LogP contribution in [0.1, 0.15) is 30.9 Å². The molecular weight excluding hydrogens is 541 g/mol. The second-order valence-electron chi connectivity index (χ2n) is 9.48. The van der Waals surface area contributed by atoms with Gasteiger partial charge in [0, 0.05) is 43.3 Å². The highest BCUT2D eigenvalue weighted by Gasteiger charge is 2.58. The molecule has 2 heterocycles. The van der Waals surface area contributed by atoms with Crippen molar-refractivity contribution in [1.82, 2.24) is 20.5 Å². The van der Waals surface area contributed by atoms with E-state index >= 15 is 0 Å². The molecule has 1 saturated heterocycles. The zero-order valence-corrected chi connectivity index (χ0v) is 22.2. The van der Waals surface area contributed by atoms with Crippen molar-refractivity contribution in [2.75, 3.05) is 26.2 Å². The topological polar surface area (TPSA) is 89.6 Å². The molecule has 2 fully saturated rings. The van der Waals surface area contributed by atoms with E-state index in [9.17, 15) is 9.59 Å². The van der Waals surface area contributed by atoms with Crippen LogP contribution in [0.5, 0.6) is 0 Å². The van der Waals surface area contributed by atoms with Crippen LogP contribution in [0, 0.1) is 30.6 Å². The number of carbonyl (C=O) groups is 2. The van der Waals surface area contributed by atoms with Crippen molar-refractivity contribution in [3.05, 3.63) is 47.7 Å². The van der Waals surface area contributed by atoms with E-state index in [4.69, 9.17) is 0 Å². The number of aliphatic imine (C=N–C) groups is 1. The number of aryl methyl sites for hydroxylation is 1. The van der Waals surface area contributed by atoms with Crippen molar-refractivity contribution in [3.63, 3.8) is 0 Å². The van der Waals surface area contributed by atoms with Gasteiger partial charge in [-0.1, -0.05) is 24.3 Å². The van der Waals surface area contributed by atoms with E-state index in [1.165, 1.54) is 26.9 Å². The average molecular weight is 575 g/mol. The summed E-state index contributed by atoms with van der Waals surface area (Å²) in [7, 11) is 0. The number of hydrogen-bond acceptors (Lipinski definition) is 3. The molecule has 0 radical (unpaired) electrons. The second kappa shape index (κ2) is 10.5. The number of amides is 2. The number of carbonyl (C=O) groups excluding carboxylic acids is 2. The van der Waals surface area contributed by atoms with E-state index in [0.717, 1.165) is 31.9 Å². The second-order valence-corrected chi connectivity index (χ2v) is 9.48. The number of guanidine groups is 1. The van der Waals surface area contributed by atoms with Crippen LogP contribution in [0.2, 0.25) is 0 Å². The molecule has 34 heavy (non-hydrogen) atoms. The van der Waals surface area contributed by atoms with Crippen LogP contribution in [-0.4, -0.2) is 53.8 Å². The number of rotatable bonds is 8. The third-order valence-corrected chi connectivity index (χ3v) is 7.33. The zero-order chi connectivity index (χ0) is 22.9. The Morgan fingerprint density at radius 2 is 1.88 bits per heavy atom. The number of halogens is 1. The lowest BCUT2D eigenvalue weighted by molar-refractivity contribution is -0.140. The fourth-order valence-electron chi connectivity index (χ4n) is 5.77. The van der Waals surface area contributed by atoms with E-state index < -0.39 is 0 Å². The molecule has 3 aliphatic rings. The molecule has 2 amide bonds. The molecule has 8 heteroatoms. The van der Waals surface area contributed by atoms with Gasteiger partial charge in [-0.05, 0) is 62.1 Å². The number of aromatic amines is 1.